The molecule has 0 spiro atoms. The summed E-state index contributed by atoms with van der Waals surface area (Å²) in [6, 6.07) is 8.23. The number of benzene rings is 1. The molecule has 5 heteroatoms. The van der Waals surface area contributed by atoms with Gasteiger partial charge in [-0.1, -0.05) is 65.5 Å². The minimum Gasteiger partial charge on any atom is -0.266 e. The van der Waals surface area contributed by atoms with Crippen LogP contribution in [0.2, 0.25) is 0 Å². The van der Waals surface area contributed by atoms with Gasteiger partial charge in [-0.3, -0.25) is 4.79 Å². The fourth-order valence-corrected chi connectivity index (χ4v) is 3.94. The number of allylic oxidation sites excluding steroid dienone is 2. The first-order valence-corrected chi connectivity index (χ1v) is 9.32. The minimum absolute atomic E-state index is 0.0583. The average Bonchev–Trinajstić information content (AvgIpc) is 3.15. The number of fused-ring (bicyclic) bond motifs is 1. The average molecular weight is 349 g/mol. The van der Waals surface area contributed by atoms with E-state index < -0.39 is 0 Å². The molecule has 0 fully saturated rings. The summed E-state index contributed by atoms with van der Waals surface area (Å²) in [6.07, 6.45) is 13.5. The molecule has 0 bridgehead atoms. The topological polar surface area (TPSA) is 47.3 Å². The molecule has 0 N–H and O–H groups in total. The molecule has 2 aromatic heterocycles. The van der Waals surface area contributed by atoms with Gasteiger partial charge in [-0.25, -0.2) is 0 Å². The van der Waals surface area contributed by atoms with Crippen LogP contribution < -0.4 is 10.1 Å². The summed E-state index contributed by atoms with van der Waals surface area (Å²) in [5.41, 5.74) is 2.26. The van der Waals surface area contributed by atoms with E-state index in [2.05, 4.69) is 59.5 Å². The van der Waals surface area contributed by atoms with Crippen molar-refractivity contribution in [3.63, 3.8) is 0 Å². The summed E-state index contributed by atoms with van der Waals surface area (Å²) >= 11 is 1.43. The van der Waals surface area contributed by atoms with Crippen LogP contribution in [0.5, 0.6) is 0 Å². The van der Waals surface area contributed by atoms with Gasteiger partial charge in [-0.15, -0.1) is 5.10 Å². The van der Waals surface area contributed by atoms with Crippen LogP contribution in [0, 0.1) is 12.8 Å². The number of aromatic nitrogens is 3. The Labute approximate surface area is 149 Å². The molecule has 126 valence electrons. The van der Waals surface area contributed by atoms with Crippen molar-refractivity contribution >= 4 is 34.5 Å². The Morgan fingerprint density at radius 2 is 2.04 bits per heavy atom. The molecule has 25 heavy (non-hydrogen) atoms. The van der Waals surface area contributed by atoms with Gasteiger partial charge in [0.15, 0.2) is 5.82 Å². The van der Waals surface area contributed by atoms with Crippen LogP contribution in [-0.2, 0) is 0 Å². The third kappa shape index (κ3) is 3.46. The zero-order chi connectivity index (χ0) is 17.2. The second kappa shape index (κ2) is 6.76. The highest BCUT2D eigenvalue weighted by Crippen LogP contribution is 2.19. The first-order valence-electron chi connectivity index (χ1n) is 8.50. The molecule has 0 radical (unpaired) electrons. The molecule has 1 aliphatic carbocycles. The first-order chi connectivity index (χ1) is 12.2. The third-order valence-electron chi connectivity index (χ3n) is 4.40. The lowest BCUT2D eigenvalue weighted by Gasteiger charge is -2.11. The summed E-state index contributed by atoms with van der Waals surface area (Å²) in [5.74, 6) is 1.01. The van der Waals surface area contributed by atoms with E-state index >= 15 is 0 Å². The molecule has 0 saturated heterocycles. The van der Waals surface area contributed by atoms with E-state index in [9.17, 15) is 4.79 Å². The fourth-order valence-electron chi connectivity index (χ4n) is 2.96. The molecule has 0 amide bonds. The van der Waals surface area contributed by atoms with Crippen LogP contribution in [0.4, 0.5) is 0 Å². The largest absolute Gasteiger partial charge is 0.290 e. The second-order valence-electron chi connectivity index (χ2n) is 6.39. The van der Waals surface area contributed by atoms with E-state index in [1.165, 1.54) is 21.4 Å². The van der Waals surface area contributed by atoms with Crippen molar-refractivity contribution in [2.45, 2.75) is 26.2 Å². The molecular formula is C20H19N3OS. The number of nitrogens with zero attached hydrogens (tertiary/aromatic N) is 3. The molecule has 0 saturated carbocycles. The van der Waals surface area contributed by atoms with Crippen LogP contribution in [0.3, 0.4) is 0 Å². The Morgan fingerprint density at radius 3 is 2.76 bits per heavy atom. The summed E-state index contributed by atoms with van der Waals surface area (Å²) in [6.45, 7) is 2.06. The molecule has 1 atom stereocenters. The second-order valence-corrected chi connectivity index (χ2v) is 7.40. The zero-order valence-corrected chi connectivity index (χ0v) is 14.9. The van der Waals surface area contributed by atoms with Crippen molar-refractivity contribution in [3.05, 3.63) is 68.3 Å². The normalized spacial score (nSPS) is 18.6. The predicted octanol–water partition coefficient (Wildman–Crippen LogP) is 3.49. The minimum atomic E-state index is -0.0583. The number of hydrogen-bond donors (Lipinski definition) is 0. The van der Waals surface area contributed by atoms with E-state index in [1.54, 1.807) is 0 Å². The SMILES string of the molecule is Cc1ccc(/C=C/c2nc3s/c(=C/C4CC=CCC4)c(=O)n3n2)cc1. The van der Waals surface area contributed by atoms with Gasteiger partial charge in [-0.2, -0.15) is 9.50 Å². The van der Waals surface area contributed by atoms with Crippen molar-refractivity contribution in [1.29, 1.82) is 0 Å². The van der Waals surface area contributed by atoms with Gasteiger partial charge in [0, 0.05) is 0 Å². The predicted molar refractivity (Wildman–Crippen MR) is 103 cm³/mol. The van der Waals surface area contributed by atoms with Gasteiger partial charge in [0.05, 0.1) is 4.53 Å². The Morgan fingerprint density at radius 1 is 1.20 bits per heavy atom. The maximum Gasteiger partial charge on any atom is 0.290 e. The molecule has 3 aromatic rings. The standard InChI is InChI=1S/C20H19N3OS/c1-14-7-9-15(10-8-14)11-12-18-21-20-23(22-18)19(24)17(25-20)13-16-5-3-2-4-6-16/h2-3,7-13,16H,4-6H2,1H3/b12-11+,17-13+. The monoisotopic (exact) mass is 349 g/mol. The van der Waals surface area contributed by atoms with Crippen LogP contribution >= 0.6 is 11.3 Å². The smallest absolute Gasteiger partial charge is 0.266 e. The lowest BCUT2D eigenvalue weighted by molar-refractivity contribution is 0.612. The first kappa shape index (κ1) is 16.0. The quantitative estimate of drug-likeness (QED) is 0.680. The molecule has 1 unspecified atom stereocenters. The Kier molecular flexibility index (Phi) is 4.32. The summed E-state index contributed by atoms with van der Waals surface area (Å²) < 4.78 is 2.17. The van der Waals surface area contributed by atoms with Gasteiger partial charge in [-0.05, 0) is 43.7 Å². The molecule has 0 aliphatic heterocycles. The molecule has 2 heterocycles. The third-order valence-corrected chi connectivity index (χ3v) is 5.37. The summed E-state index contributed by atoms with van der Waals surface area (Å²) in [5, 5.41) is 4.34. The maximum atomic E-state index is 12.5. The zero-order valence-electron chi connectivity index (χ0n) is 14.1. The van der Waals surface area contributed by atoms with Gasteiger partial charge in [0.2, 0.25) is 4.96 Å². The van der Waals surface area contributed by atoms with Gasteiger partial charge in [0.25, 0.3) is 5.56 Å². The number of rotatable bonds is 3. The highest BCUT2D eigenvalue weighted by molar-refractivity contribution is 7.15. The van der Waals surface area contributed by atoms with Crippen LogP contribution in [0.1, 0.15) is 36.2 Å². The lowest BCUT2D eigenvalue weighted by atomic mass is 9.94. The maximum absolute atomic E-state index is 12.5. The van der Waals surface area contributed by atoms with Crippen molar-refractivity contribution in [1.82, 2.24) is 14.6 Å². The van der Waals surface area contributed by atoms with Crippen LogP contribution in [0.25, 0.3) is 23.2 Å². The van der Waals surface area contributed by atoms with Crippen molar-refractivity contribution in [3.8, 4) is 0 Å². The van der Waals surface area contributed by atoms with E-state index in [4.69, 9.17) is 0 Å². The number of aryl methyl sites for hydroxylation is 1. The highest BCUT2D eigenvalue weighted by Gasteiger charge is 2.12. The summed E-state index contributed by atoms with van der Waals surface area (Å²) in [7, 11) is 0. The number of hydrogen-bond acceptors (Lipinski definition) is 4. The molecule has 1 aromatic carbocycles. The number of thiazole rings is 1. The highest BCUT2D eigenvalue weighted by atomic mass is 32.1. The Hall–Kier alpha value is -2.53. The van der Waals surface area contributed by atoms with Gasteiger partial charge >= 0.3 is 0 Å². The molecule has 4 nitrogen and oxygen atoms in total. The molecule has 1 aliphatic rings. The van der Waals surface area contributed by atoms with E-state index in [0.717, 1.165) is 29.4 Å². The van der Waals surface area contributed by atoms with Gasteiger partial charge in [0.1, 0.15) is 0 Å². The molecular weight excluding hydrogens is 330 g/mol. The van der Waals surface area contributed by atoms with Crippen molar-refractivity contribution < 1.29 is 0 Å². The Balaban J connectivity index is 1.61. The van der Waals surface area contributed by atoms with Gasteiger partial charge < -0.3 is 0 Å². The Bertz CT molecular complexity index is 1060. The van der Waals surface area contributed by atoms with E-state index in [-0.39, 0.29) is 5.56 Å². The fraction of sp³-hybridized carbons (Fsp3) is 0.250. The van der Waals surface area contributed by atoms with Crippen LogP contribution in [0.15, 0.2) is 41.2 Å². The van der Waals surface area contributed by atoms with Crippen LogP contribution in [-0.4, -0.2) is 14.6 Å². The van der Waals surface area contributed by atoms with E-state index in [1.807, 2.05) is 12.2 Å². The lowest BCUT2D eigenvalue weighted by Crippen LogP contribution is -2.25. The summed E-state index contributed by atoms with van der Waals surface area (Å²) in [4.78, 5) is 17.7. The molecule has 4 rings (SSSR count). The van der Waals surface area contributed by atoms with Crippen molar-refractivity contribution in [2.24, 2.45) is 5.92 Å². The van der Waals surface area contributed by atoms with E-state index in [0.29, 0.717) is 16.7 Å². The van der Waals surface area contributed by atoms with Crippen molar-refractivity contribution in [2.75, 3.05) is 0 Å².